The molecule has 1 unspecified atom stereocenters. The number of methoxy groups -OCH3 is 1. The van der Waals surface area contributed by atoms with E-state index in [0.29, 0.717) is 0 Å². The van der Waals surface area contributed by atoms with Gasteiger partial charge in [0.05, 0.1) is 13.2 Å². The quantitative estimate of drug-likeness (QED) is 0.121. The number of rotatable bonds is 8. The Balaban J connectivity index is 2.22. The number of carbonyl (C=O) groups excluding carboxylic acids is 1. The lowest BCUT2D eigenvalue weighted by atomic mass is 9.97. The molecule has 182 valence electrons. The summed E-state index contributed by atoms with van der Waals surface area (Å²) in [5, 5.41) is 88.1. The van der Waals surface area contributed by atoms with Crippen molar-refractivity contribution in [3.63, 3.8) is 0 Å². The van der Waals surface area contributed by atoms with Crippen molar-refractivity contribution in [1.82, 2.24) is 0 Å². The molecular formula is C16H28O15. The van der Waals surface area contributed by atoms with E-state index in [1.54, 1.807) is 0 Å². The minimum absolute atomic E-state index is 0.782. The van der Waals surface area contributed by atoms with E-state index in [2.05, 4.69) is 4.74 Å². The molecule has 15 heteroatoms. The number of ether oxygens (including phenoxy) is 5. The molecule has 0 saturated carbocycles. The Bertz CT molecular complexity index is 583. The zero-order valence-electron chi connectivity index (χ0n) is 16.4. The van der Waals surface area contributed by atoms with Crippen LogP contribution >= 0.6 is 0 Å². The van der Waals surface area contributed by atoms with Gasteiger partial charge in [-0.25, -0.2) is 4.79 Å². The molecule has 0 aromatic carbocycles. The minimum Gasteiger partial charge on any atom is -0.452 e. The van der Waals surface area contributed by atoms with Crippen molar-refractivity contribution in [3.8, 4) is 0 Å². The first kappa shape index (κ1) is 26.2. The Morgan fingerprint density at radius 2 is 1.48 bits per heavy atom. The highest BCUT2D eigenvalue weighted by molar-refractivity contribution is 5.78. The van der Waals surface area contributed by atoms with Crippen molar-refractivity contribution >= 4 is 5.97 Å². The summed E-state index contributed by atoms with van der Waals surface area (Å²) >= 11 is 0. The molecule has 2 aliphatic rings. The lowest BCUT2D eigenvalue weighted by Gasteiger charge is -2.46. The molecular weight excluding hydrogens is 432 g/mol. The summed E-state index contributed by atoms with van der Waals surface area (Å²) in [6, 6.07) is 0. The van der Waals surface area contributed by atoms with Crippen LogP contribution in [0.2, 0.25) is 0 Å². The molecule has 0 spiro atoms. The Morgan fingerprint density at radius 1 is 0.871 bits per heavy atom. The van der Waals surface area contributed by atoms with Crippen LogP contribution in [0.15, 0.2) is 0 Å². The Hall–Kier alpha value is -1.05. The van der Waals surface area contributed by atoms with E-state index in [1.807, 2.05) is 0 Å². The maximum absolute atomic E-state index is 12.1. The van der Waals surface area contributed by atoms with Crippen LogP contribution in [0.3, 0.4) is 0 Å². The van der Waals surface area contributed by atoms with Gasteiger partial charge in [-0.15, -0.1) is 0 Å². The van der Waals surface area contributed by atoms with Gasteiger partial charge in [-0.1, -0.05) is 0 Å². The van der Waals surface area contributed by atoms with Crippen LogP contribution < -0.4 is 0 Å². The molecule has 9 N–H and O–H groups in total. The van der Waals surface area contributed by atoms with Crippen LogP contribution in [0.4, 0.5) is 0 Å². The van der Waals surface area contributed by atoms with Gasteiger partial charge >= 0.3 is 5.97 Å². The first-order chi connectivity index (χ1) is 14.5. The van der Waals surface area contributed by atoms with Crippen molar-refractivity contribution in [3.05, 3.63) is 0 Å². The molecule has 0 amide bonds. The summed E-state index contributed by atoms with van der Waals surface area (Å²) in [4.78, 5) is 12.1. The Labute approximate surface area is 175 Å². The van der Waals surface area contributed by atoms with Gasteiger partial charge in [0.2, 0.25) is 0 Å². The van der Waals surface area contributed by atoms with Crippen molar-refractivity contribution < 1.29 is 74.4 Å². The van der Waals surface area contributed by atoms with E-state index >= 15 is 0 Å². The van der Waals surface area contributed by atoms with Crippen LogP contribution in [-0.4, -0.2) is 146 Å². The van der Waals surface area contributed by atoms with Gasteiger partial charge in [-0.3, -0.25) is 0 Å². The second kappa shape index (κ2) is 10.7. The summed E-state index contributed by atoms with van der Waals surface area (Å²) < 4.78 is 24.8. The third-order valence-corrected chi connectivity index (χ3v) is 5.07. The summed E-state index contributed by atoms with van der Waals surface area (Å²) in [5.74, 6) is -4.39. The van der Waals surface area contributed by atoms with Crippen LogP contribution in [0.25, 0.3) is 0 Å². The number of carbonyl (C=O) groups is 1. The van der Waals surface area contributed by atoms with E-state index in [4.69, 9.17) is 24.1 Å². The fourth-order valence-electron chi connectivity index (χ4n) is 3.12. The highest BCUT2D eigenvalue weighted by Crippen LogP contribution is 2.30. The highest BCUT2D eigenvalue weighted by atomic mass is 16.7. The minimum atomic E-state index is -2.81. The molecule has 2 saturated heterocycles. The van der Waals surface area contributed by atoms with Gasteiger partial charge in [0.25, 0.3) is 5.79 Å². The average molecular weight is 460 g/mol. The van der Waals surface area contributed by atoms with Crippen LogP contribution in [-0.2, 0) is 28.5 Å². The molecule has 2 heterocycles. The lowest BCUT2D eigenvalue weighted by Crippen LogP contribution is -2.65. The van der Waals surface area contributed by atoms with E-state index < -0.39 is 93.0 Å². The molecule has 0 aliphatic carbocycles. The molecule has 2 aliphatic heterocycles. The molecule has 0 radical (unpaired) electrons. The average Bonchev–Trinajstić information content (AvgIpc) is 2.77. The van der Waals surface area contributed by atoms with Crippen LogP contribution in [0.5, 0.6) is 0 Å². The molecule has 2 rings (SSSR count). The van der Waals surface area contributed by atoms with Crippen molar-refractivity contribution in [1.29, 1.82) is 0 Å². The second-order valence-electron chi connectivity index (χ2n) is 7.05. The topological polar surface area (TPSA) is 245 Å². The van der Waals surface area contributed by atoms with Gasteiger partial charge in [-0.05, 0) is 0 Å². The Kier molecular flexibility index (Phi) is 9.05. The highest BCUT2D eigenvalue weighted by Gasteiger charge is 2.53. The lowest BCUT2D eigenvalue weighted by molar-refractivity contribution is -0.357. The zero-order valence-corrected chi connectivity index (χ0v) is 16.4. The molecule has 0 aromatic heterocycles. The van der Waals surface area contributed by atoms with Crippen molar-refractivity contribution in [2.45, 2.75) is 67.2 Å². The summed E-state index contributed by atoms with van der Waals surface area (Å²) in [6.45, 7) is -2.84. The normalized spacial score (nSPS) is 43.3. The molecule has 15 nitrogen and oxygen atoms in total. The van der Waals surface area contributed by atoms with Gasteiger partial charge < -0.3 is 69.6 Å². The molecule has 0 bridgehead atoms. The fraction of sp³-hybridized carbons (Fsp3) is 0.938. The first-order valence-electron chi connectivity index (χ1n) is 9.22. The predicted molar refractivity (Wildman–Crippen MR) is 91.5 cm³/mol. The van der Waals surface area contributed by atoms with E-state index in [1.165, 1.54) is 0 Å². The number of hydrogen-bond donors (Lipinski definition) is 9. The SMILES string of the molecule is COC(O)(CO)C(=O)O[C@@H]1[C@@H](O)[C@@H](O[C@H]2[C@H](O)[C@@H](O)[C@H](O)O[C@@H]2CO)O[C@H](CO)[C@H]1O. The molecule has 2 fully saturated rings. The first-order valence-corrected chi connectivity index (χ1v) is 9.22. The van der Waals surface area contributed by atoms with Crippen molar-refractivity contribution in [2.24, 2.45) is 0 Å². The number of aliphatic hydroxyl groups excluding tert-OH is 8. The summed E-state index contributed by atoms with van der Waals surface area (Å²) in [7, 11) is 0.885. The number of esters is 1. The smallest absolute Gasteiger partial charge is 0.369 e. The standard InChI is InChI=1S/C16H28O15/c1-27-16(26,4-19)15(25)31-12-7(20)5(2-17)29-14(10(12)23)30-11-6(3-18)28-13(24)9(22)8(11)21/h5-14,17-24,26H,2-4H2,1H3/t5-,6-,7-,8-,9-,10-,11-,12+,13-,14-,16?/m1/s1. The monoisotopic (exact) mass is 460 g/mol. The van der Waals surface area contributed by atoms with Crippen molar-refractivity contribution in [2.75, 3.05) is 26.9 Å². The predicted octanol–water partition coefficient (Wildman–Crippen LogP) is -6.52. The zero-order chi connectivity index (χ0) is 23.5. The van der Waals surface area contributed by atoms with E-state index in [0.717, 1.165) is 7.11 Å². The van der Waals surface area contributed by atoms with Crippen LogP contribution in [0.1, 0.15) is 0 Å². The molecule has 31 heavy (non-hydrogen) atoms. The molecule has 0 aromatic rings. The van der Waals surface area contributed by atoms with Gasteiger partial charge in [0.1, 0.15) is 49.3 Å². The summed E-state index contributed by atoms with van der Waals surface area (Å²) in [5.41, 5.74) is 0. The third-order valence-electron chi connectivity index (χ3n) is 5.07. The maximum atomic E-state index is 12.1. The number of aliphatic hydroxyl groups is 9. The third kappa shape index (κ3) is 5.31. The summed E-state index contributed by atoms with van der Waals surface area (Å²) in [6.07, 6.45) is -17.4. The number of hydrogen-bond acceptors (Lipinski definition) is 15. The van der Waals surface area contributed by atoms with Gasteiger partial charge in [0, 0.05) is 7.11 Å². The van der Waals surface area contributed by atoms with Crippen LogP contribution in [0, 0.1) is 0 Å². The van der Waals surface area contributed by atoms with Gasteiger partial charge in [0.15, 0.2) is 18.7 Å². The Morgan fingerprint density at radius 3 is 2.00 bits per heavy atom. The van der Waals surface area contributed by atoms with E-state index in [9.17, 15) is 45.6 Å². The fourth-order valence-corrected chi connectivity index (χ4v) is 3.12. The molecule has 11 atom stereocenters. The maximum Gasteiger partial charge on any atom is 0.369 e. The largest absolute Gasteiger partial charge is 0.452 e. The van der Waals surface area contributed by atoms with Gasteiger partial charge in [-0.2, -0.15) is 0 Å². The second-order valence-corrected chi connectivity index (χ2v) is 7.05. The van der Waals surface area contributed by atoms with E-state index in [-0.39, 0.29) is 0 Å².